The van der Waals surface area contributed by atoms with Gasteiger partial charge in [-0.2, -0.15) is 0 Å². The Labute approximate surface area is 162 Å². The van der Waals surface area contributed by atoms with Crippen molar-refractivity contribution in [3.05, 3.63) is 38.7 Å². The van der Waals surface area contributed by atoms with E-state index in [-0.39, 0.29) is 28.4 Å². The van der Waals surface area contributed by atoms with Gasteiger partial charge in [0.15, 0.2) is 0 Å². The van der Waals surface area contributed by atoms with Crippen LogP contribution in [0.2, 0.25) is 0 Å². The minimum Gasteiger partial charge on any atom is -0.349 e. The normalized spacial score (nSPS) is 31.9. The highest BCUT2D eigenvalue weighted by Gasteiger charge is 2.53. The van der Waals surface area contributed by atoms with Crippen LogP contribution in [0, 0.1) is 23.2 Å². The molecule has 4 aliphatic carbocycles. The fourth-order valence-electron chi connectivity index (χ4n) is 6.50. The van der Waals surface area contributed by atoms with E-state index in [1.54, 1.807) is 7.05 Å². The molecule has 2 aromatic rings. The zero-order valence-electron chi connectivity index (χ0n) is 16.3. The van der Waals surface area contributed by atoms with Crippen molar-refractivity contribution in [2.24, 2.45) is 30.2 Å². The van der Waals surface area contributed by atoms with Gasteiger partial charge in [0.2, 0.25) is 0 Å². The van der Waals surface area contributed by atoms with E-state index in [0.29, 0.717) is 5.56 Å². The maximum atomic E-state index is 12.9. The molecule has 6 rings (SSSR count). The number of aromatic amines is 1. The molecule has 0 spiro atoms. The second-order valence-corrected chi connectivity index (χ2v) is 9.39. The van der Waals surface area contributed by atoms with E-state index in [1.807, 2.05) is 0 Å². The quantitative estimate of drug-likeness (QED) is 0.848. The van der Waals surface area contributed by atoms with Crippen LogP contribution >= 0.6 is 0 Å². The van der Waals surface area contributed by atoms with Crippen LogP contribution in [-0.4, -0.2) is 26.5 Å². The maximum Gasteiger partial charge on any atom is 0.329 e. The summed E-state index contributed by atoms with van der Waals surface area (Å²) in [6, 6.07) is 1.63. The van der Waals surface area contributed by atoms with Gasteiger partial charge in [-0.25, -0.2) is 9.78 Å². The number of pyridine rings is 1. The third kappa shape index (κ3) is 2.63. The van der Waals surface area contributed by atoms with E-state index in [4.69, 9.17) is 0 Å². The molecule has 28 heavy (non-hydrogen) atoms. The van der Waals surface area contributed by atoms with Gasteiger partial charge in [-0.3, -0.25) is 19.1 Å². The Hall–Kier alpha value is -2.44. The number of carbonyl (C=O) groups excluding carboxylic acids is 1. The van der Waals surface area contributed by atoms with Gasteiger partial charge in [-0.1, -0.05) is 0 Å². The molecule has 0 saturated heterocycles. The van der Waals surface area contributed by atoms with Gasteiger partial charge in [0.05, 0.1) is 10.9 Å². The number of H-pyrrole nitrogens is 1. The largest absolute Gasteiger partial charge is 0.349 e. The van der Waals surface area contributed by atoms with Crippen molar-refractivity contribution < 1.29 is 4.79 Å². The second kappa shape index (κ2) is 6.03. The Bertz CT molecular complexity index is 1050. The number of fused-ring (bicyclic) bond motifs is 1. The highest BCUT2D eigenvalue weighted by molar-refractivity contribution is 5.96. The average molecular weight is 382 g/mol. The van der Waals surface area contributed by atoms with Gasteiger partial charge >= 0.3 is 5.69 Å². The first-order valence-corrected chi connectivity index (χ1v) is 10.2. The van der Waals surface area contributed by atoms with Crippen LogP contribution in [0.3, 0.4) is 0 Å². The summed E-state index contributed by atoms with van der Waals surface area (Å²) in [5.74, 6) is 2.28. The molecule has 1 atom stereocenters. The molecule has 0 radical (unpaired) electrons. The van der Waals surface area contributed by atoms with Gasteiger partial charge in [-0.05, 0) is 74.7 Å². The molecule has 4 fully saturated rings. The second-order valence-electron chi connectivity index (χ2n) is 9.39. The summed E-state index contributed by atoms with van der Waals surface area (Å²) in [6.45, 7) is 2.13. The number of aryl methyl sites for hydroxylation is 1. The first-order chi connectivity index (χ1) is 13.3. The van der Waals surface area contributed by atoms with Crippen LogP contribution in [0.15, 0.2) is 21.9 Å². The Kier molecular flexibility index (Phi) is 3.80. The smallest absolute Gasteiger partial charge is 0.329 e. The number of rotatable bonds is 3. The number of nitrogens with zero attached hydrogens (tertiary/aromatic N) is 2. The molecule has 4 aliphatic rings. The van der Waals surface area contributed by atoms with Gasteiger partial charge in [0.25, 0.3) is 11.5 Å². The highest BCUT2D eigenvalue weighted by atomic mass is 16.2. The summed E-state index contributed by atoms with van der Waals surface area (Å²) in [5, 5.41) is 3.45. The lowest BCUT2D eigenvalue weighted by molar-refractivity contribution is -0.0688. The van der Waals surface area contributed by atoms with Gasteiger partial charge in [-0.15, -0.1) is 0 Å². The lowest BCUT2D eigenvalue weighted by Gasteiger charge is -2.59. The number of nitrogens with one attached hydrogen (secondary N) is 2. The van der Waals surface area contributed by atoms with Crippen molar-refractivity contribution in [2.75, 3.05) is 0 Å². The maximum absolute atomic E-state index is 12.9. The first-order valence-electron chi connectivity index (χ1n) is 10.2. The van der Waals surface area contributed by atoms with E-state index in [1.165, 1.54) is 55.4 Å². The molecule has 0 aromatic carbocycles. The standard InChI is InChI=1S/C21H26N4O3/c1-11(21-7-12-3-13(8-21)5-14(4-12)9-21)23-18(26)15-6-16-17(22-10-15)25(2)20(28)24-19(16)27/h6,10-14H,3-5,7-9H2,1-2H3,(H,23,26)(H,24,27,28)/t11-,12?,13?,14?,21?/m0/s1. The zero-order chi connectivity index (χ0) is 19.6. The minimum absolute atomic E-state index is 0.0995. The zero-order valence-corrected chi connectivity index (χ0v) is 16.3. The summed E-state index contributed by atoms with van der Waals surface area (Å²) < 4.78 is 1.27. The number of amides is 1. The average Bonchev–Trinajstić information content (AvgIpc) is 2.64. The fourth-order valence-corrected chi connectivity index (χ4v) is 6.50. The van der Waals surface area contributed by atoms with Crippen molar-refractivity contribution in [2.45, 2.75) is 51.5 Å². The monoisotopic (exact) mass is 382 g/mol. The summed E-state index contributed by atoms with van der Waals surface area (Å²) in [5.41, 5.74) is -0.185. The SMILES string of the molecule is C[C@H](NC(=O)c1cnc2c(c1)c(=O)[nH]c(=O)n2C)C12CC3CC(CC(C3)C1)C2. The Morgan fingerprint density at radius 2 is 1.82 bits per heavy atom. The topological polar surface area (TPSA) is 96.8 Å². The van der Waals surface area contributed by atoms with Crippen molar-refractivity contribution >= 4 is 16.9 Å². The third-order valence-electron chi connectivity index (χ3n) is 7.57. The fraction of sp³-hybridized carbons (Fsp3) is 0.619. The molecule has 2 N–H and O–H groups in total. The van der Waals surface area contributed by atoms with Crippen LogP contribution in [0.1, 0.15) is 55.8 Å². The van der Waals surface area contributed by atoms with E-state index in [2.05, 4.69) is 22.2 Å². The van der Waals surface area contributed by atoms with Crippen molar-refractivity contribution in [3.63, 3.8) is 0 Å². The van der Waals surface area contributed by atoms with Crippen LogP contribution in [0.25, 0.3) is 11.0 Å². The first kappa shape index (κ1) is 17.6. The number of hydrogen-bond acceptors (Lipinski definition) is 4. The number of aromatic nitrogens is 3. The molecular formula is C21H26N4O3. The summed E-state index contributed by atoms with van der Waals surface area (Å²) >= 11 is 0. The van der Waals surface area contributed by atoms with Crippen LogP contribution in [0.5, 0.6) is 0 Å². The number of hydrogen-bond donors (Lipinski definition) is 2. The predicted molar refractivity (Wildman–Crippen MR) is 105 cm³/mol. The Balaban J connectivity index is 1.41. The molecule has 0 aliphatic heterocycles. The van der Waals surface area contributed by atoms with Gasteiger partial charge < -0.3 is 5.32 Å². The highest BCUT2D eigenvalue weighted by Crippen LogP contribution is 2.61. The molecule has 1 amide bonds. The summed E-state index contributed by atoms with van der Waals surface area (Å²) in [4.78, 5) is 43.2. The molecule has 7 heteroatoms. The van der Waals surface area contributed by atoms with Gasteiger partial charge in [0, 0.05) is 19.3 Å². The van der Waals surface area contributed by atoms with Crippen molar-refractivity contribution in [1.82, 2.24) is 19.9 Å². The predicted octanol–water partition coefficient (Wildman–Crippen LogP) is 1.96. The van der Waals surface area contributed by atoms with Crippen molar-refractivity contribution in [3.8, 4) is 0 Å². The van der Waals surface area contributed by atoms with E-state index >= 15 is 0 Å². The van der Waals surface area contributed by atoms with E-state index < -0.39 is 11.2 Å². The number of carbonyl (C=O) groups is 1. The third-order valence-corrected chi connectivity index (χ3v) is 7.57. The van der Waals surface area contributed by atoms with Crippen LogP contribution < -0.4 is 16.6 Å². The Morgan fingerprint density at radius 1 is 1.21 bits per heavy atom. The van der Waals surface area contributed by atoms with E-state index in [9.17, 15) is 14.4 Å². The molecule has 7 nitrogen and oxygen atoms in total. The molecule has 0 unspecified atom stereocenters. The molecular weight excluding hydrogens is 356 g/mol. The molecule has 2 aromatic heterocycles. The molecule has 4 bridgehead atoms. The lowest BCUT2D eigenvalue weighted by atomic mass is 9.48. The summed E-state index contributed by atoms with van der Waals surface area (Å²) in [7, 11) is 1.54. The molecule has 4 saturated carbocycles. The molecule has 148 valence electrons. The molecule has 2 heterocycles. The van der Waals surface area contributed by atoms with E-state index in [0.717, 1.165) is 17.8 Å². The Morgan fingerprint density at radius 3 is 2.43 bits per heavy atom. The van der Waals surface area contributed by atoms with Crippen molar-refractivity contribution in [1.29, 1.82) is 0 Å². The minimum atomic E-state index is -0.519. The van der Waals surface area contributed by atoms with Crippen LogP contribution in [0.4, 0.5) is 0 Å². The van der Waals surface area contributed by atoms with Crippen LogP contribution in [-0.2, 0) is 7.05 Å². The lowest BCUT2D eigenvalue weighted by Crippen LogP contribution is -2.55. The summed E-state index contributed by atoms with van der Waals surface area (Å²) in [6.07, 6.45) is 9.22. The van der Waals surface area contributed by atoms with Gasteiger partial charge in [0.1, 0.15) is 5.65 Å².